The Bertz CT molecular complexity index is 231. The van der Waals surface area contributed by atoms with E-state index < -0.39 is 0 Å². The maximum absolute atomic E-state index is 10.9. The number of carbonyl (C=O) groups is 1. The molecule has 2 aliphatic rings. The Morgan fingerprint density at radius 3 is 3.40 bits per heavy atom. The highest BCUT2D eigenvalue weighted by Gasteiger charge is 2.29. The number of aliphatic imine (C=N–C) groups is 1. The van der Waals surface area contributed by atoms with Gasteiger partial charge in [-0.1, -0.05) is 0 Å². The van der Waals surface area contributed by atoms with Gasteiger partial charge in [0.25, 0.3) is 0 Å². The van der Waals surface area contributed by atoms with Crippen molar-refractivity contribution >= 4 is 12.2 Å². The van der Waals surface area contributed by atoms with Gasteiger partial charge in [-0.25, -0.2) is 4.99 Å². The molecule has 0 aromatic rings. The zero-order valence-corrected chi connectivity index (χ0v) is 5.29. The van der Waals surface area contributed by atoms with Crippen LogP contribution in [0.25, 0.3) is 0 Å². The van der Waals surface area contributed by atoms with Gasteiger partial charge in [0.05, 0.1) is 6.34 Å². The van der Waals surface area contributed by atoms with Crippen LogP contribution in [-0.4, -0.2) is 24.8 Å². The summed E-state index contributed by atoms with van der Waals surface area (Å²) >= 11 is 0. The second-order valence-corrected chi connectivity index (χ2v) is 2.30. The van der Waals surface area contributed by atoms with Gasteiger partial charge in [0.1, 0.15) is 6.04 Å². The summed E-state index contributed by atoms with van der Waals surface area (Å²) in [4.78, 5) is 14.8. The third kappa shape index (κ3) is 0.618. The Morgan fingerprint density at radius 2 is 2.60 bits per heavy atom. The van der Waals surface area contributed by atoms with Gasteiger partial charge < -0.3 is 10.6 Å². The predicted molar refractivity (Wildman–Crippen MR) is 36.5 cm³/mol. The van der Waals surface area contributed by atoms with Crippen molar-refractivity contribution in [3.63, 3.8) is 0 Å². The van der Waals surface area contributed by atoms with Gasteiger partial charge >= 0.3 is 0 Å². The second-order valence-electron chi connectivity index (χ2n) is 2.30. The van der Waals surface area contributed by atoms with Crippen molar-refractivity contribution in [3.8, 4) is 0 Å². The fraction of sp³-hybridized carbons (Fsp3) is 0.333. The van der Waals surface area contributed by atoms with Crippen LogP contribution >= 0.6 is 0 Å². The van der Waals surface area contributed by atoms with Gasteiger partial charge in [0.15, 0.2) is 0 Å². The fourth-order valence-electron chi connectivity index (χ4n) is 1.12. The Balaban J connectivity index is 2.31. The first kappa shape index (κ1) is 5.46. The number of amides is 1. The molecule has 2 rings (SSSR count). The molecule has 0 aromatic heterocycles. The molecule has 0 spiro atoms. The van der Waals surface area contributed by atoms with Crippen LogP contribution in [0.3, 0.4) is 0 Å². The molecule has 0 bridgehead atoms. The van der Waals surface area contributed by atoms with Crippen LogP contribution in [0, 0.1) is 0 Å². The fourth-order valence-corrected chi connectivity index (χ4v) is 1.12. The zero-order valence-electron chi connectivity index (χ0n) is 5.29. The van der Waals surface area contributed by atoms with Gasteiger partial charge in [-0.2, -0.15) is 0 Å². The monoisotopic (exact) mass is 137 g/mol. The Morgan fingerprint density at radius 1 is 1.70 bits per heavy atom. The molecule has 1 amide bonds. The van der Waals surface area contributed by atoms with E-state index in [0.717, 1.165) is 5.57 Å². The van der Waals surface area contributed by atoms with E-state index in [9.17, 15) is 4.79 Å². The number of hydrogen-bond acceptors (Lipinski definition) is 3. The van der Waals surface area contributed by atoms with E-state index in [1.54, 1.807) is 12.5 Å². The molecule has 2 aliphatic heterocycles. The lowest BCUT2D eigenvalue weighted by atomic mass is 10.1. The summed E-state index contributed by atoms with van der Waals surface area (Å²) < 4.78 is 0. The first-order valence-corrected chi connectivity index (χ1v) is 3.12. The third-order valence-corrected chi connectivity index (χ3v) is 1.66. The first-order valence-electron chi connectivity index (χ1n) is 3.12. The van der Waals surface area contributed by atoms with Crippen molar-refractivity contribution in [2.24, 2.45) is 4.99 Å². The van der Waals surface area contributed by atoms with Crippen molar-refractivity contribution in [2.75, 3.05) is 6.54 Å². The van der Waals surface area contributed by atoms with Crippen molar-refractivity contribution < 1.29 is 4.79 Å². The molecule has 52 valence electrons. The molecule has 0 saturated carbocycles. The Hall–Kier alpha value is -1.32. The summed E-state index contributed by atoms with van der Waals surface area (Å²) in [7, 11) is 0. The quantitative estimate of drug-likeness (QED) is 0.450. The van der Waals surface area contributed by atoms with Crippen LogP contribution in [-0.2, 0) is 4.79 Å². The summed E-state index contributed by atoms with van der Waals surface area (Å²) in [6.07, 6.45) is 3.26. The number of nitrogens with one attached hydrogen (secondary N) is 2. The highest BCUT2D eigenvalue weighted by molar-refractivity contribution is 5.91. The third-order valence-electron chi connectivity index (χ3n) is 1.66. The van der Waals surface area contributed by atoms with E-state index in [-0.39, 0.29) is 11.9 Å². The molecule has 1 saturated heterocycles. The molecule has 10 heavy (non-hydrogen) atoms. The predicted octanol–water partition coefficient (Wildman–Crippen LogP) is -1.000. The average molecular weight is 137 g/mol. The normalized spacial score (nSPS) is 28.6. The van der Waals surface area contributed by atoms with E-state index in [2.05, 4.69) is 15.6 Å². The molecular weight excluding hydrogens is 130 g/mol. The van der Waals surface area contributed by atoms with Crippen molar-refractivity contribution in [2.45, 2.75) is 6.04 Å². The van der Waals surface area contributed by atoms with E-state index in [1.807, 2.05) is 0 Å². The van der Waals surface area contributed by atoms with Gasteiger partial charge in [0.2, 0.25) is 5.91 Å². The summed E-state index contributed by atoms with van der Waals surface area (Å²) in [5.41, 5.74) is 1.02. The molecule has 4 nitrogen and oxygen atoms in total. The standard InChI is InChI=1S/C6H7N3O/c10-6-5-4(2-8-6)1-7-3-9-5/h1,3,5H,2H2,(H,7,9)(H,8,10). The highest BCUT2D eigenvalue weighted by atomic mass is 16.2. The molecule has 2 N–H and O–H groups in total. The van der Waals surface area contributed by atoms with Gasteiger partial charge in [-0.3, -0.25) is 4.79 Å². The first-order chi connectivity index (χ1) is 4.88. The van der Waals surface area contributed by atoms with E-state index in [1.165, 1.54) is 0 Å². The van der Waals surface area contributed by atoms with Crippen LogP contribution in [0.5, 0.6) is 0 Å². The van der Waals surface area contributed by atoms with Crippen LogP contribution in [0.1, 0.15) is 0 Å². The lowest BCUT2D eigenvalue weighted by Gasteiger charge is -2.10. The summed E-state index contributed by atoms with van der Waals surface area (Å²) in [6, 6.07) is -0.155. The van der Waals surface area contributed by atoms with Crippen molar-refractivity contribution in [1.29, 1.82) is 0 Å². The van der Waals surface area contributed by atoms with Crippen LogP contribution in [0.4, 0.5) is 0 Å². The smallest absolute Gasteiger partial charge is 0.247 e. The lowest BCUT2D eigenvalue weighted by molar-refractivity contribution is -0.120. The Kier molecular flexibility index (Phi) is 1.00. The van der Waals surface area contributed by atoms with Crippen LogP contribution < -0.4 is 10.6 Å². The average Bonchev–Trinajstić information content (AvgIpc) is 2.34. The van der Waals surface area contributed by atoms with E-state index in [0.29, 0.717) is 6.54 Å². The summed E-state index contributed by atoms with van der Waals surface area (Å²) in [5, 5.41) is 5.57. The van der Waals surface area contributed by atoms with Crippen LogP contribution in [0.2, 0.25) is 0 Å². The molecule has 1 atom stereocenters. The van der Waals surface area contributed by atoms with Gasteiger partial charge in [-0.15, -0.1) is 0 Å². The summed E-state index contributed by atoms with van der Waals surface area (Å²) in [6.45, 7) is 0.633. The maximum atomic E-state index is 10.9. The molecule has 4 heteroatoms. The van der Waals surface area contributed by atoms with Crippen LogP contribution in [0.15, 0.2) is 16.8 Å². The molecule has 2 heterocycles. The maximum Gasteiger partial charge on any atom is 0.247 e. The largest absolute Gasteiger partial charge is 0.361 e. The molecule has 0 aromatic carbocycles. The SMILES string of the molecule is O=C1NCC2=CN=CNC12. The van der Waals surface area contributed by atoms with E-state index in [4.69, 9.17) is 0 Å². The topological polar surface area (TPSA) is 53.5 Å². The molecule has 1 unspecified atom stereocenters. The number of carbonyl (C=O) groups excluding carboxylic acids is 1. The number of fused-ring (bicyclic) bond motifs is 1. The summed E-state index contributed by atoms with van der Waals surface area (Å²) in [5.74, 6) is 0.0393. The zero-order chi connectivity index (χ0) is 6.97. The van der Waals surface area contributed by atoms with Crippen molar-refractivity contribution in [1.82, 2.24) is 10.6 Å². The minimum Gasteiger partial charge on any atom is -0.361 e. The number of hydrogen-bond donors (Lipinski definition) is 2. The molecular formula is C6H7N3O. The van der Waals surface area contributed by atoms with Crippen molar-refractivity contribution in [3.05, 3.63) is 11.8 Å². The molecule has 0 aliphatic carbocycles. The molecule has 0 radical (unpaired) electrons. The Labute approximate surface area is 58.0 Å². The number of rotatable bonds is 0. The van der Waals surface area contributed by atoms with Gasteiger partial charge in [0, 0.05) is 12.7 Å². The van der Waals surface area contributed by atoms with Gasteiger partial charge in [-0.05, 0) is 5.57 Å². The highest BCUT2D eigenvalue weighted by Crippen LogP contribution is 2.10. The lowest BCUT2D eigenvalue weighted by Crippen LogP contribution is -2.37. The van der Waals surface area contributed by atoms with E-state index >= 15 is 0 Å². The minimum atomic E-state index is -0.155. The minimum absolute atomic E-state index is 0.0393. The second kappa shape index (κ2) is 1.83. The number of nitrogens with zero attached hydrogens (tertiary/aromatic N) is 1. The molecule has 1 fully saturated rings.